The Balaban J connectivity index is 1.81. The summed E-state index contributed by atoms with van der Waals surface area (Å²) in [6.45, 7) is 0.453. The predicted molar refractivity (Wildman–Crippen MR) is 68.3 cm³/mol. The first-order valence-corrected chi connectivity index (χ1v) is 6.41. The topological polar surface area (TPSA) is 66.5 Å². The molecule has 0 saturated heterocycles. The summed E-state index contributed by atoms with van der Waals surface area (Å²) in [5, 5.41) is 2.38. The minimum Gasteiger partial charge on any atom is -0.285 e. The van der Waals surface area contributed by atoms with Gasteiger partial charge in [-0.05, 0) is 31.6 Å². The molecule has 0 spiro atoms. The summed E-state index contributed by atoms with van der Waals surface area (Å²) >= 11 is 0. The first kappa shape index (κ1) is 13.3. The molecule has 0 aromatic rings. The molecule has 2 rings (SSSR count). The lowest BCUT2D eigenvalue weighted by Crippen LogP contribution is -2.37. The van der Waals surface area contributed by atoms with E-state index in [0.717, 1.165) is 25.7 Å². The lowest BCUT2D eigenvalue weighted by atomic mass is 9.81. The van der Waals surface area contributed by atoms with Crippen LogP contribution in [0.2, 0.25) is 0 Å². The summed E-state index contributed by atoms with van der Waals surface area (Å²) < 4.78 is 0. The summed E-state index contributed by atoms with van der Waals surface area (Å²) in [5.41, 5.74) is 0. The van der Waals surface area contributed by atoms with Crippen LogP contribution in [0, 0.1) is 24.3 Å². The summed E-state index contributed by atoms with van der Waals surface area (Å²) in [6, 6.07) is 2.14. The van der Waals surface area contributed by atoms with Crippen molar-refractivity contribution in [2.75, 3.05) is 6.54 Å². The van der Waals surface area contributed by atoms with Crippen molar-refractivity contribution >= 4 is 17.7 Å². The molecule has 1 heterocycles. The molecular formula is C14H16N2O3. The fourth-order valence-corrected chi connectivity index (χ4v) is 2.65. The van der Waals surface area contributed by atoms with Gasteiger partial charge in [0.1, 0.15) is 0 Å². The van der Waals surface area contributed by atoms with Gasteiger partial charge in [0.25, 0.3) is 11.8 Å². The van der Waals surface area contributed by atoms with E-state index in [9.17, 15) is 14.4 Å². The zero-order valence-corrected chi connectivity index (χ0v) is 10.6. The molecule has 1 N–H and O–H groups in total. The van der Waals surface area contributed by atoms with Gasteiger partial charge in [-0.1, -0.05) is 6.42 Å². The van der Waals surface area contributed by atoms with Crippen molar-refractivity contribution in [1.29, 1.82) is 0 Å². The summed E-state index contributed by atoms with van der Waals surface area (Å²) in [6.07, 6.45) is 10.8. The summed E-state index contributed by atoms with van der Waals surface area (Å²) in [4.78, 5) is 35.7. The molecule has 5 nitrogen and oxygen atoms in total. The Labute approximate surface area is 112 Å². The molecule has 5 heteroatoms. The largest absolute Gasteiger partial charge is 0.285 e. The van der Waals surface area contributed by atoms with Gasteiger partial charge in [-0.3, -0.25) is 24.6 Å². The molecule has 19 heavy (non-hydrogen) atoms. The third-order valence-corrected chi connectivity index (χ3v) is 3.75. The van der Waals surface area contributed by atoms with E-state index in [0.29, 0.717) is 6.54 Å². The van der Waals surface area contributed by atoms with Gasteiger partial charge in [0.15, 0.2) is 0 Å². The van der Waals surface area contributed by atoms with E-state index in [4.69, 9.17) is 6.42 Å². The maximum Gasteiger partial charge on any atom is 0.253 e. The number of carbonyl (C=O) groups excluding carboxylic acids is 3. The van der Waals surface area contributed by atoms with Gasteiger partial charge in [-0.2, -0.15) is 0 Å². The lowest BCUT2D eigenvalue weighted by Gasteiger charge is -2.29. The normalized spacial score (nSPS) is 26.4. The van der Waals surface area contributed by atoms with Crippen molar-refractivity contribution in [2.24, 2.45) is 11.8 Å². The second-order valence-electron chi connectivity index (χ2n) is 4.97. The quantitative estimate of drug-likeness (QED) is 0.454. The molecule has 0 radical (unpaired) electrons. The van der Waals surface area contributed by atoms with Crippen LogP contribution in [0.5, 0.6) is 0 Å². The Bertz CT molecular complexity index is 450. The fourth-order valence-electron chi connectivity index (χ4n) is 2.65. The minimum atomic E-state index is -0.239. The molecule has 0 aromatic carbocycles. The third-order valence-electron chi connectivity index (χ3n) is 3.75. The number of terminal acetylenes is 1. The number of hydrogen-bond donors (Lipinski definition) is 1. The SMILES string of the molecule is C#CNC(=O)C1CCC(CN2C(=O)C=CC2=O)CC1. The molecular weight excluding hydrogens is 244 g/mol. The zero-order valence-electron chi connectivity index (χ0n) is 10.6. The zero-order chi connectivity index (χ0) is 13.8. The van der Waals surface area contributed by atoms with Gasteiger partial charge in [0.05, 0.1) is 0 Å². The first-order valence-electron chi connectivity index (χ1n) is 6.41. The number of imide groups is 1. The van der Waals surface area contributed by atoms with Gasteiger partial charge < -0.3 is 0 Å². The second kappa shape index (κ2) is 5.70. The highest BCUT2D eigenvalue weighted by atomic mass is 16.2. The summed E-state index contributed by atoms with van der Waals surface area (Å²) in [5.74, 6) is -0.344. The van der Waals surface area contributed by atoms with E-state index in [2.05, 4.69) is 11.4 Å². The van der Waals surface area contributed by atoms with Crippen LogP contribution in [-0.4, -0.2) is 29.2 Å². The van der Waals surface area contributed by atoms with Crippen molar-refractivity contribution in [3.05, 3.63) is 12.2 Å². The maximum atomic E-state index is 11.6. The van der Waals surface area contributed by atoms with E-state index in [1.165, 1.54) is 17.1 Å². The average molecular weight is 260 g/mol. The predicted octanol–water partition coefficient (Wildman–Crippen LogP) is 0.425. The number of carbonyl (C=O) groups is 3. The van der Waals surface area contributed by atoms with E-state index in [-0.39, 0.29) is 29.6 Å². The van der Waals surface area contributed by atoms with Crippen molar-refractivity contribution in [1.82, 2.24) is 10.2 Å². The number of hydrogen-bond acceptors (Lipinski definition) is 3. The number of amides is 3. The Morgan fingerprint density at radius 2 is 1.84 bits per heavy atom. The molecule has 0 aromatic heterocycles. The van der Waals surface area contributed by atoms with Gasteiger partial charge in [0, 0.05) is 30.7 Å². The summed E-state index contributed by atoms with van der Waals surface area (Å²) in [7, 11) is 0. The maximum absolute atomic E-state index is 11.6. The van der Waals surface area contributed by atoms with E-state index in [1.54, 1.807) is 0 Å². The number of nitrogens with one attached hydrogen (secondary N) is 1. The van der Waals surface area contributed by atoms with Gasteiger partial charge in [-0.15, -0.1) is 0 Å². The molecule has 0 bridgehead atoms. The molecule has 100 valence electrons. The molecule has 0 unspecified atom stereocenters. The van der Waals surface area contributed by atoms with Crippen LogP contribution in [0.3, 0.4) is 0 Å². The van der Waals surface area contributed by atoms with Crippen molar-refractivity contribution < 1.29 is 14.4 Å². The molecule has 2 aliphatic rings. The van der Waals surface area contributed by atoms with Crippen molar-refractivity contribution in [2.45, 2.75) is 25.7 Å². The first-order chi connectivity index (χ1) is 9.11. The van der Waals surface area contributed by atoms with Crippen LogP contribution in [0.25, 0.3) is 0 Å². The van der Waals surface area contributed by atoms with Crippen molar-refractivity contribution in [3.8, 4) is 12.5 Å². The highest BCUT2D eigenvalue weighted by molar-refractivity contribution is 6.12. The monoisotopic (exact) mass is 260 g/mol. The van der Waals surface area contributed by atoms with E-state index < -0.39 is 0 Å². The Kier molecular flexibility index (Phi) is 4.00. The van der Waals surface area contributed by atoms with Crippen LogP contribution in [0.15, 0.2) is 12.2 Å². The number of nitrogens with zero attached hydrogens (tertiary/aromatic N) is 1. The van der Waals surface area contributed by atoms with E-state index >= 15 is 0 Å². The Morgan fingerprint density at radius 3 is 2.37 bits per heavy atom. The molecule has 1 aliphatic heterocycles. The van der Waals surface area contributed by atoms with Crippen LogP contribution < -0.4 is 5.32 Å². The van der Waals surface area contributed by atoms with Crippen LogP contribution >= 0.6 is 0 Å². The molecule has 1 saturated carbocycles. The van der Waals surface area contributed by atoms with Gasteiger partial charge in [-0.25, -0.2) is 0 Å². The van der Waals surface area contributed by atoms with Gasteiger partial charge >= 0.3 is 0 Å². The Hall–Kier alpha value is -2.09. The third kappa shape index (κ3) is 3.02. The van der Waals surface area contributed by atoms with Crippen LogP contribution in [0.4, 0.5) is 0 Å². The van der Waals surface area contributed by atoms with Crippen molar-refractivity contribution in [3.63, 3.8) is 0 Å². The minimum absolute atomic E-state index is 0.0459. The average Bonchev–Trinajstić information content (AvgIpc) is 2.72. The standard InChI is InChI=1S/C14H16N2O3/c1-2-15-14(19)11-5-3-10(4-6-11)9-16-12(17)7-8-13(16)18/h1,7-8,10-11H,3-6,9H2,(H,15,19). The highest BCUT2D eigenvalue weighted by Gasteiger charge is 2.30. The van der Waals surface area contributed by atoms with E-state index in [1.807, 2.05) is 0 Å². The van der Waals surface area contributed by atoms with Crippen LogP contribution in [0.1, 0.15) is 25.7 Å². The lowest BCUT2D eigenvalue weighted by molar-refractivity contribution is -0.138. The molecule has 1 aliphatic carbocycles. The number of rotatable bonds is 3. The molecule has 3 amide bonds. The molecule has 0 atom stereocenters. The van der Waals surface area contributed by atoms with Crippen LogP contribution in [-0.2, 0) is 14.4 Å². The second-order valence-corrected chi connectivity index (χ2v) is 4.97. The smallest absolute Gasteiger partial charge is 0.253 e. The molecule has 1 fully saturated rings. The highest BCUT2D eigenvalue weighted by Crippen LogP contribution is 2.30. The van der Waals surface area contributed by atoms with Gasteiger partial charge in [0.2, 0.25) is 5.91 Å². The Morgan fingerprint density at radius 1 is 1.26 bits per heavy atom. The fraction of sp³-hybridized carbons (Fsp3) is 0.500.